The van der Waals surface area contributed by atoms with Gasteiger partial charge in [-0.05, 0) is 6.42 Å². The van der Waals surface area contributed by atoms with Gasteiger partial charge in [0.15, 0.2) is 0 Å². The van der Waals surface area contributed by atoms with Crippen molar-refractivity contribution in [2.45, 2.75) is 6.42 Å². The number of carbonyl (C=O) groups is 1. The van der Waals surface area contributed by atoms with E-state index in [1.54, 1.807) is 7.11 Å². The number of amides is 1. The lowest BCUT2D eigenvalue weighted by Crippen LogP contribution is -2.38. The van der Waals surface area contributed by atoms with Crippen LogP contribution in [0.1, 0.15) is 6.42 Å². The fourth-order valence-corrected chi connectivity index (χ4v) is 1.17. The first-order chi connectivity index (χ1) is 6.88. The predicted octanol–water partition coefficient (Wildman–Crippen LogP) is -0.969. The van der Waals surface area contributed by atoms with Crippen LogP contribution in [0.15, 0.2) is 0 Å². The lowest BCUT2D eigenvalue weighted by molar-refractivity contribution is -0.121. The summed E-state index contributed by atoms with van der Waals surface area (Å²) in [6, 6.07) is 0. The molecule has 6 nitrogen and oxygen atoms in total. The molecule has 0 unspecified atom stereocenters. The summed E-state index contributed by atoms with van der Waals surface area (Å²) in [6.45, 7) is 0.915. The van der Waals surface area contributed by atoms with Crippen molar-refractivity contribution in [3.05, 3.63) is 0 Å². The van der Waals surface area contributed by atoms with E-state index in [9.17, 15) is 13.2 Å². The molecule has 15 heavy (non-hydrogen) atoms. The Kier molecular flexibility index (Phi) is 6.46. The first-order valence-corrected chi connectivity index (χ1v) is 6.39. The third-order valence-electron chi connectivity index (χ3n) is 1.78. The fourth-order valence-electron chi connectivity index (χ4n) is 0.820. The summed E-state index contributed by atoms with van der Waals surface area (Å²) in [7, 11) is -0.338. The zero-order valence-corrected chi connectivity index (χ0v) is 10.1. The van der Waals surface area contributed by atoms with Crippen molar-refractivity contribution in [1.82, 2.24) is 9.62 Å². The summed E-state index contributed by atoms with van der Waals surface area (Å²) in [5, 5.41) is 2.60. The van der Waals surface area contributed by atoms with Gasteiger partial charge in [-0.1, -0.05) is 0 Å². The molecule has 90 valence electrons. The Hall–Kier alpha value is -0.660. The number of nitrogens with one attached hydrogen (secondary N) is 1. The number of rotatable bonds is 7. The average Bonchev–Trinajstić information content (AvgIpc) is 2.11. The van der Waals surface area contributed by atoms with Crippen LogP contribution in [-0.2, 0) is 19.6 Å². The predicted molar refractivity (Wildman–Crippen MR) is 57.0 cm³/mol. The minimum absolute atomic E-state index is 0.147. The van der Waals surface area contributed by atoms with Gasteiger partial charge in [0.25, 0.3) is 0 Å². The van der Waals surface area contributed by atoms with E-state index in [4.69, 9.17) is 4.74 Å². The topological polar surface area (TPSA) is 75.7 Å². The van der Waals surface area contributed by atoms with Crippen LogP contribution in [-0.4, -0.2) is 58.7 Å². The molecular weight excluding hydrogens is 220 g/mol. The molecule has 0 aliphatic rings. The summed E-state index contributed by atoms with van der Waals surface area (Å²) in [5.41, 5.74) is 0. The van der Waals surface area contributed by atoms with Crippen LogP contribution in [0, 0.1) is 0 Å². The molecule has 0 fully saturated rings. The van der Waals surface area contributed by atoms with Crippen LogP contribution in [0.25, 0.3) is 0 Å². The number of hydrogen-bond donors (Lipinski definition) is 1. The fraction of sp³-hybridized carbons (Fsp3) is 0.875. The maximum atomic E-state index is 11.2. The molecule has 0 bridgehead atoms. The van der Waals surface area contributed by atoms with Gasteiger partial charge in [0.1, 0.15) is 0 Å². The normalized spacial score (nSPS) is 11.7. The van der Waals surface area contributed by atoms with E-state index in [0.717, 1.165) is 10.6 Å². The third kappa shape index (κ3) is 7.29. The summed E-state index contributed by atoms with van der Waals surface area (Å²) in [5.74, 6) is -0.306. The van der Waals surface area contributed by atoms with Gasteiger partial charge in [-0.3, -0.25) is 4.79 Å². The van der Waals surface area contributed by atoms with Gasteiger partial charge in [-0.15, -0.1) is 0 Å². The molecule has 1 amide bonds. The molecule has 1 N–H and O–H groups in total. The van der Waals surface area contributed by atoms with E-state index in [0.29, 0.717) is 19.6 Å². The number of hydrogen-bond acceptors (Lipinski definition) is 4. The molecular formula is C8H18N2O4S. The summed E-state index contributed by atoms with van der Waals surface area (Å²) < 4.78 is 27.7. The molecule has 0 rings (SSSR count). The van der Waals surface area contributed by atoms with Gasteiger partial charge < -0.3 is 10.1 Å². The van der Waals surface area contributed by atoms with E-state index in [1.165, 1.54) is 7.05 Å². The van der Waals surface area contributed by atoms with Crippen LogP contribution >= 0.6 is 0 Å². The minimum Gasteiger partial charge on any atom is -0.385 e. The zero-order chi connectivity index (χ0) is 11.9. The molecule has 0 aromatic heterocycles. The number of nitrogens with zero attached hydrogens (tertiary/aromatic N) is 1. The second kappa shape index (κ2) is 6.76. The lowest BCUT2D eigenvalue weighted by atomic mass is 10.4. The molecule has 0 atom stereocenters. The molecule has 7 heteroatoms. The smallest absolute Gasteiger partial charge is 0.235 e. The van der Waals surface area contributed by atoms with Crippen molar-refractivity contribution in [3.63, 3.8) is 0 Å². The van der Waals surface area contributed by atoms with Gasteiger partial charge >= 0.3 is 0 Å². The number of carbonyl (C=O) groups excluding carboxylic acids is 1. The van der Waals surface area contributed by atoms with Crippen molar-refractivity contribution < 1.29 is 17.9 Å². The monoisotopic (exact) mass is 238 g/mol. The number of likely N-dealkylation sites (N-methyl/N-ethyl adjacent to an activating group) is 1. The Morgan fingerprint density at radius 1 is 1.47 bits per heavy atom. The van der Waals surface area contributed by atoms with Crippen LogP contribution in [0.4, 0.5) is 0 Å². The summed E-state index contributed by atoms with van der Waals surface area (Å²) >= 11 is 0. The Labute approximate surface area is 90.6 Å². The Morgan fingerprint density at radius 3 is 2.53 bits per heavy atom. The largest absolute Gasteiger partial charge is 0.385 e. The Balaban J connectivity index is 3.75. The first-order valence-electron chi connectivity index (χ1n) is 4.55. The zero-order valence-electron chi connectivity index (χ0n) is 9.32. The SMILES string of the molecule is COCCCNC(=O)CN(C)S(C)(=O)=O. The van der Waals surface area contributed by atoms with E-state index in [2.05, 4.69) is 5.32 Å². The number of ether oxygens (including phenoxy) is 1. The van der Waals surface area contributed by atoms with Gasteiger partial charge in [0.2, 0.25) is 15.9 Å². The quantitative estimate of drug-likeness (QED) is 0.579. The van der Waals surface area contributed by atoms with Crippen LogP contribution < -0.4 is 5.32 Å². The molecule has 0 aromatic carbocycles. The van der Waals surface area contributed by atoms with Crippen molar-refractivity contribution in [2.24, 2.45) is 0 Å². The molecule has 0 spiro atoms. The standard InChI is InChI=1S/C8H18N2O4S/c1-10(15(3,12)13)7-8(11)9-5-4-6-14-2/h4-7H2,1-3H3,(H,9,11). The highest BCUT2D eigenvalue weighted by Gasteiger charge is 2.14. The average molecular weight is 238 g/mol. The summed E-state index contributed by atoms with van der Waals surface area (Å²) in [6.07, 6.45) is 1.77. The van der Waals surface area contributed by atoms with Gasteiger partial charge in [-0.25, -0.2) is 8.42 Å². The van der Waals surface area contributed by atoms with Gasteiger partial charge in [0.05, 0.1) is 12.8 Å². The van der Waals surface area contributed by atoms with Crippen LogP contribution in [0.3, 0.4) is 0 Å². The van der Waals surface area contributed by atoms with Crippen molar-refractivity contribution in [3.8, 4) is 0 Å². The van der Waals surface area contributed by atoms with E-state index in [1.807, 2.05) is 0 Å². The Bertz CT molecular complexity index is 289. The molecule has 0 aromatic rings. The number of methoxy groups -OCH3 is 1. The van der Waals surface area contributed by atoms with E-state index in [-0.39, 0.29) is 12.5 Å². The van der Waals surface area contributed by atoms with Crippen LogP contribution in [0.2, 0.25) is 0 Å². The third-order valence-corrected chi connectivity index (χ3v) is 3.04. The van der Waals surface area contributed by atoms with Gasteiger partial charge in [-0.2, -0.15) is 4.31 Å². The first kappa shape index (κ1) is 14.3. The number of sulfonamides is 1. The molecule has 0 heterocycles. The minimum atomic E-state index is -3.29. The van der Waals surface area contributed by atoms with Crippen molar-refractivity contribution in [1.29, 1.82) is 0 Å². The highest BCUT2D eigenvalue weighted by atomic mass is 32.2. The highest BCUT2D eigenvalue weighted by Crippen LogP contribution is 1.91. The molecule has 0 aliphatic carbocycles. The van der Waals surface area contributed by atoms with Crippen molar-refractivity contribution in [2.75, 3.05) is 40.1 Å². The second-order valence-corrected chi connectivity index (χ2v) is 5.30. The molecule has 0 radical (unpaired) electrons. The molecule has 0 saturated heterocycles. The van der Waals surface area contributed by atoms with E-state index >= 15 is 0 Å². The van der Waals surface area contributed by atoms with Gasteiger partial charge in [0, 0.05) is 27.3 Å². The van der Waals surface area contributed by atoms with Crippen molar-refractivity contribution >= 4 is 15.9 Å². The maximum Gasteiger partial charge on any atom is 0.235 e. The molecule has 0 saturated carbocycles. The Morgan fingerprint density at radius 2 is 2.07 bits per heavy atom. The van der Waals surface area contributed by atoms with Crippen LogP contribution in [0.5, 0.6) is 0 Å². The maximum absolute atomic E-state index is 11.2. The molecule has 0 aliphatic heterocycles. The summed E-state index contributed by atoms with van der Waals surface area (Å²) in [4.78, 5) is 11.2. The highest BCUT2D eigenvalue weighted by molar-refractivity contribution is 7.88. The lowest BCUT2D eigenvalue weighted by Gasteiger charge is -2.13. The van der Waals surface area contributed by atoms with E-state index < -0.39 is 10.0 Å². The second-order valence-electron chi connectivity index (χ2n) is 3.22.